The zero-order valence-electron chi connectivity index (χ0n) is 8.75. The highest BCUT2D eigenvalue weighted by molar-refractivity contribution is 7.15. The van der Waals surface area contributed by atoms with Crippen LogP contribution in [0.5, 0.6) is 0 Å². The Kier molecular flexibility index (Phi) is 3.01. The van der Waals surface area contributed by atoms with Crippen LogP contribution in [0.1, 0.15) is 10.4 Å². The summed E-state index contributed by atoms with van der Waals surface area (Å²) in [5, 5.41) is 3.44. The van der Waals surface area contributed by atoms with Crippen molar-refractivity contribution in [2.24, 2.45) is 0 Å². The first-order valence-electron chi connectivity index (χ1n) is 4.68. The van der Waals surface area contributed by atoms with E-state index in [1.54, 1.807) is 6.20 Å². The molecule has 17 heavy (non-hydrogen) atoms. The van der Waals surface area contributed by atoms with E-state index in [1.165, 1.54) is 17.4 Å². The number of hydrogen-bond acceptors (Lipinski definition) is 4. The molecule has 0 aliphatic carbocycles. The van der Waals surface area contributed by atoms with Gasteiger partial charge in [-0.2, -0.15) is 13.2 Å². The van der Waals surface area contributed by atoms with Gasteiger partial charge in [0, 0.05) is 17.3 Å². The maximum absolute atomic E-state index is 12.3. The van der Waals surface area contributed by atoms with Gasteiger partial charge in [0.1, 0.15) is 5.82 Å². The van der Waals surface area contributed by atoms with Crippen LogP contribution < -0.4 is 5.32 Å². The fourth-order valence-electron chi connectivity index (χ4n) is 1.16. The summed E-state index contributed by atoms with van der Waals surface area (Å²) in [7, 11) is 0. The lowest BCUT2D eigenvalue weighted by Crippen LogP contribution is -2.05. The lowest BCUT2D eigenvalue weighted by molar-refractivity contribution is -0.137. The van der Waals surface area contributed by atoms with Gasteiger partial charge in [-0.05, 0) is 19.1 Å². The van der Waals surface area contributed by atoms with Crippen LogP contribution >= 0.6 is 11.3 Å². The van der Waals surface area contributed by atoms with Gasteiger partial charge in [-0.3, -0.25) is 0 Å². The third-order valence-corrected chi connectivity index (χ3v) is 2.78. The van der Waals surface area contributed by atoms with Gasteiger partial charge in [0.05, 0.1) is 5.56 Å². The lowest BCUT2D eigenvalue weighted by Gasteiger charge is -2.06. The molecule has 3 nitrogen and oxygen atoms in total. The highest BCUT2D eigenvalue weighted by atomic mass is 32.1. The first-order chi connectivity index (χ1) is 7.95. The van der Waals surface area contributed by atoms with E-state index >= 15 is 0 Å². The van der Waals surface area contributed by atoms with Gasteiger partial charge in [-0.1, -0.05) is 0 Å². The predicted molar refractivity (Wildman–Crippen MR) is 59.4 cm³/mol. The van der Waals surface area contributed by atoms with Gasteiger partial charge in [-0.15, -0.1) is 11.3 Å². The number of pyridine rings is 1. The van der Waals surface area contributed by atoms with E-state index in [2.05, 4.69) is 15.3 Å². The van der Waals surface area contributed by atoms with Crippen molar-refractivity contribution in [3.63, 3.8) is 0 Å². The quantitative estimate of drug-likeness (QED) is 0.895. The normalized spacial score (nSPS) is 11.5. The molecule has 0 bridgehead atoms. The van der Waals surface area contributed by atoms with E-state index < -0.39 is 11.7 Å². The number of halogens is 3. The smallest absolute Gasteiger partial charge is 0.316 e. The van der Waals surface area contributed by atoms with E-state index in [0.29, 0.717) is 10.9 Å². The summed E-state index contributed by atoms with van der Waals surface area (Å²) in [6, 6.07) is 2.26. The lowest BCUT2D eigenvalue weighted by atomic mass is 10.3. The molecule has 1 N–H and O–H groups in total. The van der Waals surface area contributed by atoms with Crippen molar-refractivity contribution in [2.75, 3.05) is 5.32 Å². The Balaban J connectivity index is 2.13. The third kappa shape index (κ3) is 2.94. The fraction of sp³-hybridized carbons (Fsp3) is 0.200. The molecule has 7 heteroatoms. The number of hydrogen-bond donors (Lipinski definition) is 1. The zero-order valence-corrected chi connectivity index (χ0v) is 9.56. The van der Waals surface area contributed by atoms with Crippen LogP contribution in [0.3, 0.4) is 0 Å². The second-order valence-electron chi connectivity index (χ2n) is 3.33. The highest BCUT2D eigenvalue weighted by Crippen LogP contribution is 2.29. The first-order valence-corrected chi connectivity index (χ1v) is 5.49. The molecule has 2 aromatic rings. The molecule has 0 aromatic carbocycles. The first kappa shape index (κ1) is 11.8. The van der Waals surface area contributed by atoms with Gasteiger partial charge >= 0.3 is 6.18 Å². The van der Waals surface area contributed by atoms with Gasteiger partial charge in [0.15, 0.2) is 5.13 Å². The van der Waals surface area contributed by atoms with E-state index in [4.69, 9.17) is 0 Å². The average Bonchev–Trinajstić information content (AvgIpc) is 2.63. The van der Waals surface area contributed by atoms with Crippen molar-refractivity contribution in [2.45, 2.75) is 13.1 Å². The van der Waals surface area contributed by atoms with Gasteiger partial charge in [0.2, 0.25) is 0 Å². The van der Waals surface area contributed by atoms with Crippen molar-refractivity contribution >= 4 is 22.3 Å². The number of thiazole rings is 1. The molecule has 2 heterocycles. The van der Waals surface area contributed by atoms with E-state index in [-0.39, 0.29) is 0 Å². The van der Waals surface area contributed by atoms with Crippen LogP contribution in [0.25, 0.3) is 0 Å². The molecule has 2 aromatic heterocycles. The zero-order chi connectivity index (χ0) is 12.5. The number of nitrogens with one attached hydrogen (secondary N) is 1. The topological polar surface area (TPSA) is 37.8 Å². The number of anilines is 2. The molecule has 90 valence electrons. The summed E-state index contributed by atoms with van der Waals surface area (Å²) in [4.78, 5) is 8.73. The molecule has 0 radical (unpaired) electrons. The second-order valence-corrected chi connectivity index (χ2v) is 4.57. The van der Waals surface area contributed by atoms with E-state index in [0.717, 1.165) is 17.1 Å². The summed E-state index contributed by atoms with van der Waals surface area (Å²) in [5.41, 5.74) is -0.765. The summed E-state index contributed by atoms with van der Waals surface area (Å²) < 4.78 is 36.8. The number of aryl methyl sites for hydroxylation is 1. The third-order valence-electron chi connectivity index (χ3n) is 1.95. The number of nitrogens with zero attached hydrogens (tertiary/aromatic N) is 2. The molecule has 0 saturated carbocycles. The van der Waals surface area contributed by atoms with Gasteiger partial charge in [-0.25, -0.2) is 9.97 Å². The molecule has 0 spiro atoms. The molecular weight excluding hydrogens is 251 g/mol. The molecule has 0 atom stereocenters. The van der Waals surface area contributed by atoms with Crippen molar-refractivity contribution in [1.29, 1.82) is 0 Å². The van der Waals surface area contributed by atoms with Gasteiger partial charge < -0.3 is 5.32 Å². The summed E-state index contributed by atoms with van der Waals surface area (Å²) >= 11 is 1.41. The predicted octanol–water partition coefficient (Wildman–Crippen LogP) is 3.61. The van der Waals surface area contributed by atoms with Crippen LogP contribution in [0.15, 0.2) is 24.5 Å². The molecule has 0 saturated heterocycles. The molecule has 2 rings (SSSR count). The van der Waals surface area contributed by atoms with E-state index in [9.17, 15) is 13.2 Å². The van der Waals surface area contributed by atoms with Crippen LogP contribution in [0.4, 0.5) is 24.1 Å². The molecule has 0 amide bonds. The minimum Gasteiger partial charge on any atom is -0.316 e. The minimum atomic E-state index is -4.36. The van der Waals surface area contributed by atoms with Crippen molar-refractivity contribution in [3.05, 3.63) is 35.0 Å². The summed E-state index contributed by atoms with van der Waals surface area (Å²) in [6.45, 7) is 1.89. The minimum absolute atomic E-state index is 0.340. The van der Waals surface area contributed by atoms with Crippen molar-refractivity contribution < 1.29 is 13.2 Å². The maximum atomic E-state index is 12.3. The number of alkyl halides is 3. The Hall–Kier alpha value is -1.63. The highest BCUT2D eigenvalue weighted by Gasteiger charge is 2.30. The van der Waals surface area contributed by atoms with Crippen molar-refractivity contribution in [1.82, 2.24) is 9.97 Å². The second kappa shape index (κ2) is 4.33. The summed E-state index contributed by atoms with van der Waals surface area (Å²) in [6.07, 6.45) is -1.89. The molecular formula is C10H8F3N3S. The fourth-order valence-corrected chi connectivity index (χ4v) is 1.83. The van der Waals surface area contributed by atoms with Crippen LogP contribution in [-0.2, 0) is 6.18 Å². The van der Waals surface area contributed by atoms with Crippen LogP contribution in [-0.4, -0.2) is 9.97 Å². The molecule has 0 aliphatic rings. The largest absolute Gasteiger partial charge is 0.417 e. The number of aromatic nitrogens is 2. The van der Waals surface area contributed by atoms with Crippen LogP contribution in [0, 0.1) is 6.92 Å². The van der Waals surface area contributed by atoms with Crippen LogP contribution in [0.2, 0.25) is 0 Å². The van der Waals surface area contributed by atoms with Gasteiger partial charge in [0.25, 0.3) is 0 Å². The summed E-state index contributed by atoms with van der Waals surface area (Å²) in [5.74, 6) is 0.340. The molecule has 0 fully saturated rings. The molecule has 0 unspecified atom stereocenters. The Morgan fingerprint density at radius 3 is 2.41 bits per heavy atom. The SMILES string of the molecule is Cc1cnc(Nc2ccc(C(F)(F)F)cn2)s1. The Morgan fingerprint density at radius 1 is 1.18 bits per heavy atom. The number of rotatable bonds is 2. The average molecular weight is 259 g/mol. The Labute approximate surface area is 99.3 Å². The maximum Gasteiger partial charge on any atom is 0.417 e. The monoisotopic (exact) mass is 259 g/mol. The Morgan fingerprint density at radius 2 is 1.94 bits per heavy atom. The Bertz CT molecular complexity index is 504. The molecule has 0 aliphatic heterocycles. The van der Waals surface area contributed by atoms with E-state index in [1.807, 2.05) is 6.92 Å². The van der Waals surface area contributed by atoms with Crippen molar-refractivity contribution in [3.8, 4) is 0 Å². The standard InChI is InChI=1S/C10H8F3N3S/c1-6-4-15-9(17-6)16-8-3-2-7(5-14-8)10(11,12)13/h2-5H,1H3,(H,14,15,16).